The Morgan fingerprint density at radius 2 is 2.00 bits per heavy atom. The molecule has 1 amide bonds. The molecule has 148 valence electrons. The van der Waals surface area contributed by atoms with Crippen LogP contribution in [0.25, 0.3) is 11.0 Å². The maximum atomic E-state index is 13.1. The molecule has 6 heteroatoms. The molecule has 0 saturated heterocycles. The summed E-state index contributed by atoms with van der Waals surface area (Å²) in [7, 11) is 1.32. The Labute approximate surface area is 163 Å². The second-order valence-corrected chi connectivity index (χ2v) is 6.96. The van der Waals surface area contributed by atoms with Crippen molar-refractivity contribution in [3.63, 3.8) is 0 Å². The van der Waals surface area contributed by atoms with E-state index < -0.39 is 11.5 Å². The maximum absolute atomic E-state index is 13.1. The molecular weight excluding hydrogens is 358 g/mol. The van der Waals surface area contributed by atoms with Crippen molar-refractivity contribution in [3.05, 3.63) is 58.0 Å². The molecule has 3 rings (SSSR count). The van der Waals surface area contributed by atoms with Gasteiger partial charge in [0.15, 0.2) is 0 Å². The third-order valence-corrected chi connectivity index (χ3v) is 5.06. The number of rotatable bonds is 7. The maximum Gasteiger partial charge on any atom is 0.349 e. The Kier molecular flexibility index (Phi) is 6.63. The van der Waals surface area contributed by atoms with E-state index in [9.17, 15) is 14.4 Å². The summed E-state index contributed by atoms with van der Waals surface area (Å²) in [6.45, 7) is 0.652. The molecule has 0 spiro atoms. The van der Waals surface area contributed by atoms with E-state index in [2.05, 4.69) is 6.08 Å². The van der Waals surface area contributed by atoms with Crippen molar-refractivity contribution < 1.29 is 18.7 Å². The van der Waals surface area contributed by atoms with Gasteiger partial charge >= 0.3 is 11.6 Å². The fourth-order valence-corrected chi connectivity index (χ4v) is 3.43. The Bertz CT molecular complexity index is 943. The molecule has 1 aromatic carbocycles. The third-order valence-electron chi connectivity index (χ3n) is 5.06. The van der Waals surface area contributed by atoms with Gasteiger partial charge in [-0.25, -0.2) is 4.79 Å². The molecule has 0 radical (unpaired) electrons. The first-order chi connectivity index (χ1) is 13.6. The predicted molar refractivity (Wildman–Crippen MR) is 106 cm³/mol. The van der Waals surface area contributed by atoms with Crippen molar-refractivity contribution in [3.8, 4) is 0 Å². The summed E-state index contributed by atoms with van der Waals surface area (Å²) in [5.74, 6) is -0.806. The molecule has 1 heterocycles. The molecule has 0 fully saturated rings. The molecule has 0 saturated carbocycles. The zero-order valence-corrected chi connectivity index (χ0v) is 16.1. The standard InChI is InChI=1S/C22H25NO5/c1-27-20(24)12-14-23(13-11-16-7-3-2-4-8-16)21(25)18-15-17-9-5-6-10-19(17)28-22(18)26/h5-7,9-10,15H,2-4,8,11-14H2,1H3. The van der Waals surface area contributed by atoms with Crippen LogP contribution in [0, 0.1) is 0 Å². The number of fused-ring (bicyclic) bond motifs is 1. The summed E-state index contributed by atoms with van der Waals surface area (Å²) >= 11 is 0. The highest BCUT2D eigenvalue weighted by Crippen LogP contribution is 2.21. The van der Waals surface area contributed by atoms with E-state index in [1.807, 2.05) is 6.07 Å². The molecule has 6 nitrogen and oxygen atoms in total. The van der Waals surface area contributed by atoms with Gasteiger partial charge in [-0.1, -0.05) is 29.8 Å². The van der Waals surface area contributed by atoms with Crippen LogP contribution in [-0.2, 0) is 9.53 Å². The Hall–Kier alpha value is -2.89. The SMILES string of the molecule is COC(=O)CCN(CCC1=CCCCC1)C(=O)c1cc2ccccc2oc1=O. The average Bonchev–Trinajstić information content (AvgIpc) is 2.73. The van der Waals surface area contributed by atoms with Gasteiger partial charge in [-0.15, -0.1) is 0 Å². The fraction of sp³-hybridized carbons (Fsp3) is 0.409. The van der Waals surface area contributed by atoms with Crippen LogP contribution in [0.3, 0.4) is 0 Å². The normalized spacial score (nSPS) is 13.8. The lowest BCUT2D eigenvalue weighted by atomic mass is 9.97. The second-order valence-electron chi connectivity index (χ2n) is 6.96. The molecular formula is C22H25NO5. The molecule has 0 bridgehead atoms. The Balaban J connectivity index is 1.82. The summed E-state index contributed by atoms with van der Waals surface area (Å²) in [6, 6.07) is 8.64. The monoisotopic (exact) mass is 383 g/mol. The van der Waals surface area contributed by atoms with Crippen molar-refractivity contribution >= 4 is 22.8 Å². The number of benzene rings is 1. The van der Waals surface area contributed by atoms with Crippen LogP contribution in [-0.4, -0.2) is 37.0 Å². The Morgan fingerprint density at radius 3 is 2.75 bits per heavy atom. The van der Waals surface area contributed by atoms with Crippen molar-refractivity contribution in [2.75, 3.05) is 20.2 Å². The number of ether oxygens (including phenoxy) is 1. The highest BCUT2D eigenvalue weighted by atomic mass is 16.5. The van der Waals surface area contributed by atoms with E-state index in [-0.39, 0.29) is 24.5 Å². The minimum Gasteiger partial charge on any atom is -0.469 e. The van der Waals surface area contributed by atoms with Crippen LogP contribution in [0.2, 0.25) is 0 Å². The average molecular weight is 383 g/mol. The summed E-state index contributed by atoms with van der Waals surface area (Å²) in [4.78, 5) is 38.6. The molecule has 1 aromatic heterocycles. The summed E-state index contributed by atoms with van der Waals surface area (Å²) < 4.78 is 9.99. The molecule has 0 atom stereocenters. The molecule has 1 aliphatic carbocycles. The lowest BCUT2D eigenvalue weighted by molar-refractivity contribution is -0.140. The largest absolute Gasteiger partial charge is 0.469 e. The molecule has 0 aliphatic heterocycles. The highest BCUT2D eigenvalue weighted by molar-refractivity contribution is 5.96. The van der Waals surface area contributed by atoms with E-state index in [4.69, 9.17) is 9.15 Å². The van der Waals surface area contributed by atoms with Gasteiger partial charge in [0, 0.05) is 18.5 Å². The number of para-hydroxylation sites is 1. The van der Waals surface area contributed by atoms with E-state index in [0.717, 1.165) is 25.7 Å². The van der Waals surface area contributed by atoms with Crippen LogP contribution >= 0.6 is 0 Å². The van der Waals surface area contributed by atoms with Crippen LogP contribution < -0.4 is 5.63 Å². The highest BCUT2D eigenvalue weighted by Gasteiger charge is 2.22. The molecule has 0 N–H and O–H groups in total. The third kappa shape index (κ3) is 4.88. The summed E-state index contributed by atoms with van der Waals surface area (Å²) in [6.07, 6.45) is 7.53. The lowest BCUT2D eigenvalue weighted by Gasteiger charge is -2.23. The van der Waals surface area contributed by atoms with Crippen LogP contribution in [0.4, 0.5) is 0 Å². The quantitative estimate of drug-likeness (QED) is 0.414. The Morgan fingerprint density at radius 1 is 1.18 bits per heavy atom. The number of amides is 1. The van der Waals surface area contributed by atoms with Crippen molar-refractivity contribution in [1.29, 1.82) is 0 Å². The minimum atomic E-state index is -0.663. The second kappa shape index (κ2) is 9.35. The van der Waals surface area contributed by atoms with Gasteiger partial charge < -0.3 is 14.1 Å². The summed E-state index contributed by atoms with van der Waals surface area (Å²) in [5.41, 5.74) is 1.09. The van der Waals surface area contributed by atoms with Gasteiger partial charge in [-0.2, -0.15) is 0 Å². The number of methoxy groups -OCH3 is 1. The number of carbonyl (C=O) groups excluding carboxylic acids is 2. The van der Waals surface area contributed by atoms with Crippen LogP contribution in [0.15, 0.2) is 51.2 Å². The van der Waals surface area contributed by atoms with Crippen molar-refractivity contribution in [1.82, 2.24) is 4.90 Å². The molecule has 0 unspecified atom stereocenters. The van der Waals surface area contributed by atoms with Gasteiger partial charge in [0.25, 0.3) is 5.91 Å². The number of hydrogen-bond acceptors (Lipinski definition) is 5. The first kappa shape index (κ1) is 19.9. The lowest BCUT2D eigenvalue weighted by Crippen LogP contribution is -2.36. The zero-order chi connectivity index (χ0) is 19.9. The zero-order valence-electron chi connectivity index (χ0n) is 16.1. The van der Waals surface area contributed by atoms with Gasteiger partial charge in [0.1, 0.15) is 11.1 Å². The van der Waals surface area contributed by atoms with Gasteiger partial charge in [-0.3, -0.25) is 9.59 Å². The topological polar surface area (TPSA) is 76.8 Å². The smallest absolute Gasteiger partial charge is 0.349 e. The number of allylic oxidation sites excluding steroid dienone is 1. The molecule has 1 aliphatic rings. The number of nitrogens with zero attached hydrogens (tertiary/aromatic N) is 1. The first-order valence-electron chi connectivity index (χ1n) is 9.65. The van der Waals surface area contributed by atoms with E-state index >= 15 is 0 Å². The molecule has 2 aromatic rings. The number of hydrogen-bond donors (Lipinski definition) is 0. The van der Waals surface area contributed by atoms with Crippen molar-refractivity contribution in [2.24, 2.45) is 0 Å². The van der Waals surface area contributed by atoms with Gasteiger partial charge in [0.05, 0.1) is 13.5 Å². The van der Waals surface area contributed by atoms with E-state index in [1.165, 1.54) is 19.1 Å². The fourth-order valence-electron chi connectivity index (χ4n) is 3.43. The first-order valence-corrected chi connectivity index (χ1v) is 9.65. The van der Waals surface area contributed by atoms with Crippen LogP contribution in [0.5, 0.6) is 0 Å². The van der Waals surface area contributed by atoms with E-state index in [0.29, 0.717) is 17.5 Å². The summed E-state index contributed by atoms with van der Waals surface area (Å²) in [5, 5.41) is 0.688. The molecule has 28 heavy (non-hydrogen) atoms. The number of esters is 1. The van der Waals surface area contributed by atoms with Crippen molar-refractivity contribution in [2.45, 2.75) is 38.5 Å². The van der Waals surface area contributed by atoms with Gasteiger partial charge in [-0.05, 0) is 44.2 Å². The predicted octanol–water partition coefficient (Wildman–Crippen LogP) is 3.69. The van der Waals surface area contributed by atoms with E-state index in [1.54, 1.807) is 29.2 Å². The van der Waals surface area contributed by atoms with Gasteiger partial charge in [0.2, 0.25) is 0 Å². The number of carbonyl (C=O) groups is 2. The van der Waals surface area contributed by atoms with Crippen LogP contribution in [0.1, 0.15) is 48.9 Å². The minimum absolute atomic E-state index is 0.0128.